The van der Waals surface area contributed by atoms with Gasteiger partial charge in [-0.2, -0.15) is 4.98 Å². The van der Waals surface area contributed by atoms with Crippen LogP contribution in [0.3, 0.4) is 0 Å². The van der Waals surface area contributed by atoms with Gasteiger partial charge in [0.1, 0.15) is 23.6 Å². The van der Waals surface area contributed by atoms with E-state index in [-0.39, 0.29) is 23.6 Å². The topological polar surface area (TPSA) is 90.2 Å². The molecule has 0 amide bonds. The monoisotopic (exact) mass is 487 g/mol. The molecule has 0 bridgehead atoms. The molecule has 2 aromatic heterocycles. The summed E-state index contributed by atoms with van der Waals surface area (Å²) in [4.78, 5) is 15.3. The molecular formula is C23H24F3N7O2. The lowest BCUT2D eigenvalue weighted by Crippen LogP contribution is -2.48. The highest BCUT2D eigenvalue weighted by atomic mass is 19.4. The zero-order valence-electron chi connectivity index (χ0n) is 19.3. The molecule has 9 nitrogen and oxygen atoms in total. The molecule has 2 aliphatic rings. The molecule has 1 saturated heterocycles. The van der Waals surface area contributed by atoms with Gasteiger partial charge in [-0.05, 0) is 31.6 Å². The lowest BCUT2D eigenvalue weighted by molar-refractivity contribution is -0.274. The molecule has 12 heteroatoms. The number of fused-ring (bicyclic) bond motifs is 1. The zero-order valence-corrected chi connectivity index (χ0v) is 19.3. The molecule has 184 valence electrons. The van der Waals surface area contributed by atoms with Gasteiger partial charge in [-0.3, -0.25) is 0 Å². The van der Waals surface area contributed by atoms with Gasteiger partial charge in [0.2, 0.25) is 5.95 Å². The average Bonchev–Trinajstić information content (AvgIpc) is 3.32. The van der Waals surface area contributed by atoms with Crippen molar-refractivity contribution in [3.8, 4) is 17.5 Å². The van der Waals surface area contributed by atoms with Gasteiger partial charge in [0.25, 0.3) is 0 Å². The van der Waals surface area contributed by atoms with Crippen LogP contribution in [0.5, 0.6) is 17.5 Å². The minimum atomic E-state index is -4.78. The van der Waals surface area contributed by atoms with Crippen molar-refractivity contribution in [2.45, 2.75) is 26.3 Å². The number of hydrogen-bond acceptors (Lipinski definition) is 8. The smallest absolute Gasteiger partial charge is 0.424 e. The number of benzene rings is 1. The van der Waals surface area contributed by atoms with E-state index in [0.717, 1.165) is 30.7 Å². The van der Waals surface area contributed by atoms with E-state index in [4.69, 9.17) is 4.74 Å². The molecule has 5 rings (SSSR count). The second-order valence-electron chi connectivity index (χ2n) is 8.57. The Labute approximate surface area is 199 Å². The number of aryl methyl sites for hydroxylation is 2. The molecule has 3 unspecified atom stereocenters. The summed E-state index contributed by atoms with van der Waals surface area (Å²) >= 11 is 0. The van der Waals surface area contributed by atoms with E-state index < -0.39 is 6.36 Å². The summed E-state index contributed by atoms with van der Waals surface area (Å²) in [6.07, 6.45) is -1.07. The summed E-state index contributed by atoms with van der Waals surface area (Å²) in [5.74, 6) is 1.86. The largest absolute Gasteiger partial charge is 0.573 e. The van der Waals surface area contributed by atoms with E-state index in [9.17, 15) is 13.2 Å². The molecule has 0 radical (unpaired) electrons. The van der Waals surface area contributed by atoms with Crippen molar-refractivity contribution in [2.75, 3.05) is 23.3 Å². The quantitative estimate of drug-likeness (QED) is 0.520. The van der Waals surface area contributed by atoms with Crippen molar-refractivity contribution >= 4 is 11.8 Å². The summed E-state index contributed by atoms with van der Waals surface area (Å²) in [5.41, 5.74) is 2.21. The van der Waals surface area contributed by atoms with Gasteiger partial charge in [0, 0.05) is 49.8 Å². The fourth-order valence-electron chi connectivity index (χ4n) is 4.76. The van der Waals surface area contributed by atoms with Crippen LogP contribution in [0.4, 0.5) is 24.9 Å². The lowest BCUT2D eigenvalue weighted by atomic mass is 9.67. The van der Waals surface area contributed by atoms with Crippen LogP contribution in [0.2, 0.25) is 0 Å². The Hall–Kier alpha value is -3.83. The normalized spacial score (nSPS) is 22.6. The maximum atomic E-state index is 12.5. The van der Waals surface area contributed by atoms with Gasteiger partial charge < -0.3 is 19.7 Å². The van der Waals surface area contributed by atoms with Crippen molar-refractivity contribution in [2.24, 2.45) is 18.9 Å². The summed E-state index contributed by atoms with van der Waals surface area (Å²) in [6.45, 7) is 5.70. The fraction of sp³-hybridized carbons (Fsp3) is 0.391. The van der Waals surface area contributed by atoms with Gasteiger partial charge >= 0.3 is 12.4 Å². The Bertz CT molecular complexity index is 1260. The van der Waals surface area contributed by atoms with Gasteiger partial charge in [-0.15, -0.1) is 18.3 Å². The molecule has 1 aliphatic carbocycles. The number of ether oxygens (including phenoxy) is 2. The molecule has 2 fully saturated rings. The Morgan fingerprint density at radius 2 is 1.94 bits per heavy atom. The number of aromatic nitrogens is 5. The molecule has 0 spiro atoms. The van der Waals surface area contributed by atoms with Crippen molar-refractivity contribution in [1.82, 2.24) is 24.7 Å². The van der Waals surface area contributed by atoms with Crippen molar-refractivity contribution in [1.29, 1.82) is 0 Å². The number of nitrogens with one attached hydrogen (secondary N) is 1. The molecule has 3 atom stereocenters. The van der Waals surface area contributed by atoms with E-state index in [2.05, 4.69) is 41.1 Å². The molecule has 1 aromatic carbocycles. The molecule has 1 N–H and O–H groups in total. The minimum Gasteiger partial charge on any atom is -0.424 e. The predicted octanol–water partition coefficient (Wildman–Crippen LogP) is 4.10. The Morgan fingerprint density at radius 3 is 2.69 bits per heavy atom. The van der Waals surface area contributed by atoms with Crippen LogP contribution in [0.15, 0.2) is 48.3 Å². The van der Waals surface area contributed by atoms with Gasteiger partial charge in [-0.1, -0.05) is 12.1 Å². The standard InChI is InChI=1S/C23H24F3N7O2/c1-4-16-17-10-33(19-8-13(2)27-12-28-19)11-18(17)20(16)29-21-30-22(32(3)31-21)34-14-6-5-7-15(9-14)35-23(24,25)26/h4-9,12,17-18,20H,10-11H2,1-3H3,(H,29,31)/b16-4+. The van der Waals surface area contributed by atoms with Crippen LogP contribution in [0.25, 0.3) is 0 Å². The summed E-state index contributed by atoms with van der Waals surface area (Å²) in [5, 5.41) is 7.78. The molecular weight excluding hydrogens is 463 g/mol. The molecule has 35 heavy (non-hydrogen) atoms. The Morgan fingerprint density at radius 1 is 1.14 bits per heavy atom. The lowest BCUT2D eigenvalue weighted by Gasteiger charge is -2.42. The van der Waals surface area contributed by atoms with Gasteiger partial charge in [0.05, 0.1) is 6.04 Å². The highest BCUT2D eigenvalue weighted by molar-refractivity contribution is 5.49. The number of anilines is 2. The van der Waals surface area contributed by atoms with E-state index in [1.54, 1.807) is 13.4 Å². The fourth-order valence-corrected chi connectivity index (χ4v) is 4.76. The summed E-state index contributed by atoms with van der Waals surface area (Å²) in [7, 11) is 1.65. The zero-order chi connectivity index (χ0) is 24.7. The predicted molar refractivity (Wildman–Crippen MR) is 121 cm³/mol. The van der Waals surface area contributed by atoms with Crippen molar-refractivity contribution in [3.05, 3.63) is 54.0 Å². The van der Waals surface area contributed by atoms with E-state index in [0.29, 0.717) is 17.8 Å². The van der Waals surface area contributed by atoms with E-state index in [1.807, 2.05) is 19.9 Å². The summed E-state index contributed by atoms with van der Waals surface area (Å²) < 4.78 is 48.6. The van der Waals surface area contributed by atoms with Crippen LogP contribution in [-0.4, -0.2) is 50.2 Å². The first-order valence-electron chi connectivity index (χ1n) is 11.1. The minimum absolute atomic E-state index is 0.0664. The van der Waals surface area contributed by atoms with Crippen LogP contribution in [-0.2, 0) is 7.05 Å². The second-order valence-corrected chi connectivity index (χ2v) is 8.57. The van der Waals surface area contributed by atoms with Crippen LogP contribution >= 0.6 is 0 Å². The number of nitrogens with zero attached hydrogens (tertiary/aromatic N) is 6. The molecule has 1 aliphatic heterocycles. The number of rotatable bonds is 6. The first-order chi connectivity index (χ1) is 16.7. The number of halogens is 3. The van der Waals surface area contributed by atoms with Crippen LogP contribution in [0.1, 0.15) is 12.6 Å². The van der Waals surface area contributed by atoms with Crippen LogP contribution < -0.4 is 19.7 Å². The number of alkyl halides is 3. The average molecular weight is 487 g/mol. The molecule has 3 heterocycles. The Kier molecular flexibility index (Phi) is 5.73. The van der Waals surface area contributed by atoms with Crippen molar-refractivity contribution < 1.29 is 22.6 Å². The highest BCUT2D eigenvalue weighted by Gasteiger charge is 2.51. The van der Waals surface area contributed by atoms with Gasteiger partial charge in [-0.25, -0.2) is 14.6 Å². The van der Waals surface area contributed by atoms with Gasteiger partial charge in [0.15, 0.2) is 0 Å². The van der Waals surface area contributed by atoms with Crippen LogP contribution in [0, 0.1) is 18.8 Å². The molecule has 1 saturated carbocycles. The second kappa shape index (κ2) is 8.75. The highest BCUT2D eigenvalue weighted by Crippen LogP contribution is 2.47. The maximum absolute atomic E-state index is 12.5. The maximum Gasteiger partial charge on any atom is 0.573 e. The SMILES string of the molecule is C/C=C1\C2CN(c3cc(C)ncn3)CC2C1Nc1nc(Oc2cccc(OC(F)(F)F)c2)n(C)n1. The van der Waals surface area contributed by atoms with Crippen molar-refractivity contribution in [3.63, 3.8) is 0 Å². The number of hydrogen-bond donors (Lipinski definition) is 1. The third-order valence-corrected chi connectivity index (χ3v) is 6.28. The first kappa shape index (κ1) is 22.9. The third kappa shape index (κ3) is 4.73. The third-order valence-electron chi connectivity index (χ3n) is 6.28. The van der Waals surface area contributed by atoms with E-state index in [1.165, 1.54) is 28.5 Å². The molecule has 3 aromatic rings. The summed E-state index contributed by atoms with van der Waals surface area (Å²) in [6, 6.07) is 7.46. The van der Waals surface area contributed by atoms with E-state index >= 15 is 0 Å². The number of allylic oxidation sites excluding steroid dienone is 1. The first-order valence-corrected chi connectivity index (χ1v) is 11.1. The Balaban J connectivity index is 1.27.